The van der Waals surface area contributed by atoms with Gasteiger partial charge in [0, 0.05) is 25.2 Å². The number of carbonyl (C=O) groups excluding carboxylic acids is 1. The third kappa shape index (κ3) is 5.79. The maximum atomic E-state index is 12.6. The van der Waals surface area contributed by atoms with Gasteiger partial charge in [-0.05, 0) is 46.1 Å². The van der Waals surface area contributed by atoms with Crippen molar-refractivity contribution in [2.75, 3.05) is 31.2 Å². The van der Waals surface area contributed by atoms with Gasteiger partial charge in [0.2, 0.25) is 15.9 Å². The number of rotatable bonds is 7. The number of hydrogen-bond acceptors (Lipinski definition) is 5. The molecule has 1 aromatic heterocycles. The first-order chi connectivity index (χ1) is 11.7. The summed E-state index contributed by atoms with van der Waals surface area (Å²) in [6.45, 7) is 7.88. The Bertz CT molecular complexity index is 686. The summed E-state index contributed by atoms with van der Waals surface area (Å²) in [5, 5.41) is 7.17. The minimum Gasteiger partial charge on any atom is -0.310 e. The zero-order chi connectivity index (χ0) is 18.6. The fourth-order valence-corrected chi connectivity index (χ4v) is 3.64. The molecule has 2 rings (SSSR count). The van der Waals surface area contributed by atoms with Gasteiger partial charge >= 0.3 is 0 Å². The van der Waals surface area contributed by atoms with Crippen LogP contribution in [0.2, 0.25) is 0 Å². The lowest BCUT2D eigenvalue weighted by atomic mass is 9.97. The number of anilines is 1. The van der Waals surface area contributed by atoms with Gasteiger partial charge < -0.3 is 5.32 Å². The van der Waals surface area contributed by atoms with E-state index in [9.17, 15) is 13.2 Å². The van der Waals surface area contributed by atoms with Crippen LogP contribution in [0.25, 0.3) is 0 Å². The quantitative estimate of drug-likeness (QED) is 0.747. The SMILES string of the molecule is CC(C)n1nccc1NC(=O)[C@@H](C)N1CCC[C@H](CNS(C)(=O)=O)C1. The zero-order valence-electron chi connectivity index (χ0n) is 15.4. The van der Waals surface area contributed by atoms with E-state index in [0.717, 1.165) is 19.4 Å². The average Bonchev–Trinajstić information content (AvgIpc) is 3.00. The van der Waals surface area contributed by atoms with Gasteiger partial charge in [-0.2, -0.15) is 5.10 Å². The highest BCUT2D eigenvalue weighted by Gasteiger charge is 2.28. The molecule has 2 heterocycles. The predicted octanol–water partition coefficient (Wildman–Crippen LogP) is 1.05. The maximum absolute atomic E-state index is 12.6. The van der Waals surface area contributed by atoms with Crippen LogP contribution in [0.1, 0.15) is 39.7 Å². The second-order valence-corrected chi connectivity index (χ2v) is 8.88. The van der Waals surface area contributed by atoms with Gasteiger partial charge in [0.1, 0.15) is 5.82 Å². The summed E-state index contributed by atoms with van der Waals surface area (Å²) in [4.78, 5) is 14.7. The van der Waals surface area contributed by atoms with Crippen LogP contribution in [0.15, 0.2) is 12.3 Å². The Kier molecular flexibility index (Phi) is 6.59. The molecule has 0 aliphatic carbocycles. The zero-order valence-corrected chi connectivity index (χ0v) is 16.2. The Hall–Kier alpha value is -1.45. The topological polar surface area (TPSA) is 96.3 Å². The number of hydrogen-bond donors (Lipinski definition) is 2. The molecule has 1 fully saturated rings. The van der Waals surface area contributed by atoms with E-state index in [1.54, 1.807) is 16.9 Å². The normalized spacial score (nSPS) is 20.6. The molecule has 9 heteroatoms. The molecule has 0 bridgehead atoms. The Morgan fingerprint density at radius 2 is 2.12 bits per heavy atom. The van der Waals surface area contributed by atoms with Crippen molar-refractivity contribution in [2.45, 2.75) is 45.7 Å². The van der Waals surface area contributed by atoms with Crippen LogP contribution in [-0.2, 0) is 14.8 Å². The number of nitrogens with one attached hydrogen (secondary N) is 2. The summed E-state index contributed by atoms with van der Waals surface area (Å²) >= 11 is 0. The summed E-state index contributed by atoms with van der Waals surface area (Å²) in [5.41, 5.74) is 0. The Labute approximate surface area is 150 Å². The van der Waals surface area contributed by atoms with Crippen LogP contribution in [0.3, 0.4) is 0 Å². The van der Waals surface area contributed by atoms with Crippen molar-refractivity contribution in [1.29, 1.82) is 0 Å². The third-order valence-corrected chi connectivity index (χ3v) is 5.21. The Morgan fingerprint density at radius 3 is 2.76 bits per heavy atom. The summed E-state index contributed by atoms with van der Waals surface area (Å²) in [6.07, 6.45) is 4.76. The van der Waals surface area contributed by atoms with Crippen LogP contribution >= 0.6 is 0 Å². The average molecular weight is 372 g/mol. The minimum atomic E-state index is -3.18. The lowest BCUT2D eigenvalue weighted by Crippen LogP contribution is -2.49. The van der Waals surface area contributed by atoms with E-state index >= 15 is 0 Å². The highest BCUT2D eigenvalue weighted by atomic mass is 32.2. The molecule has 0 spiro atoms. The van der Waals surface area contributed by atoms with E-state index in [1.807, 2.05) is 20.8 Å². The van der Waals surface area contributed by atoms with E-state index in [2.05, 4.69) is 20.0 Å². The summed E-state index contributed by atoms with van der Waals surface area (Å²) in [5.74, 6) is 0.846. The molecule has 2 atom stereocenters. The molecule has 1 amide bonds. The van der Waals surface area contributed by atoms with Gasteiger partial charge in [-0.3, -0.25) is 9.69 Å². The van der Waals surface area contributed by atoms with Crippen LogP contribution in [0.5, 0.6) is 0 Å². The van der Waals surface area contributed by atoms with E-state index in [0.29, 0.717) is 18.9 Å². The number of carbonyl (C=O) groups is 1. The Balaban J connectivity index is 1.93. The van der Waals surface area contributed by atoms with Gasteiger partial charge in [0.05, 0.1) is 18.5 Å². The second kappa shape index (κ2) is 8.29. The molecule has 2 N–H and O–H groups in total. The van der Waals surface area contributed by atoms with E-state index in [-0.39, 0.29) is 23.9 Å². The molecular formula is C16H29N5O3S. The van der Waals surface area contributed by atoms with Gasteiger partial charge in [0.15, 0.2) is 0 Å². The van der Waals surface area contributed by atoms with Gasteiger partial charge in [-0.25, -0.2) is 17.8 Å². The van der Waals surface area contributed by atoms with Crippen molar-refractivity contribution >= 4 is 21.7 Å². The van der Waals surface area contributed by atoms with Crippen LogP contribution in [0, 0.1) is 5.92 Å². The fourth-order valence-electron chi connectivity index (χ4n) is 3.11. The first-order valence-electron chi connectivity index (χ1n) is 8.70. The second-order valence-electron chi connectivity index (χ2n) is 7.04. The molecular weight excluding hydrogens is 342 g/mol. The smallest absolute Gasteiger partial charge is 0.242 e. The molecule has 25 heavy (non-hydrogen) atoms. The van der Waals surface area contributed by atoms with Gasteiger partial charge in [-0.15, -0.1) is 0 Å². The molecule has 1 saturated heterocycles. The first kappa shape index (κ1) is 19.9. The minimum absolute atomic E-state index is 0.0703. The van der Waals surface area contributed by atoms with Crippen molar-refractivity contribution in [1.82, 2.24) is 19.4 Å². The first-order valence-corrected chi connectivity index (χ1v) is 10.6. The highest BCUT2D eigenvalue weighted by Crippen LogP contribution is 2.20. The lowest BCUT2D eigenvalue weighted by Gasteiger charge is -2.36. The van der Waals surface area contributed by atoms with E-state index in [1.165, 1.54) is 6.26 Å². The largest absolute Gasteiger partial charge is 0.310 e. The van der Waals surface area contributed by atoms with E-state index in [4.69, 9.17) is 0 Å². The number of aromatic nitrogens is 2. The van der Waals surface area contributed by atoms with Crippen molar-refractivity contribution in [3.63, 3.8) is 0 Å². The third-order valence-electron chi connectivity index (χ3n) is 4.52. The summed E-state index contributed by atoms with van der Waals surface area (Å²) < 4.78 is 26.9. The summed E-state index contributed by atoms with van der Waals surface area (Å²) in [6, 6.07) is 1.68. The molecule has 1 aliphatic heterocycles. The molecule has 0 saturated carbocycles. The summed E-state index contributed by atoms with van der Waals surface area (Å²) in [7, 11) is -3.18. The van der Waals surface area contributed by atoms with Gasteiger partial charge in [-0.1, -0.05) is 0 Å². The molecule has 0 unspecified atom stereocenters. The molecule has 1 aromatic rings. The van der Waals surface area contributed by atoms with Crippen LogP contribution in [-0.4, -0.2) is 60.9 Å². The van der Waals surface area contributed by atoms with Crippen molar-refractivity contribution in [3.05, 3.63) is 12.3 Å². The molecule has 142 valence electrons. The standard InChI is InChI=1S/C16H29N5O3S/c1-12(2)21-15(7-8-17-21)19-16(22)13(3)20-9-5-6-14(11-20)10-18-25(4,23)24/h7-8,12-14,18H,5-6,9-11H2,1-4H3,(H,19,22)/t13-,14-/m1/s1. The number of nitrogens with zero attached hydrogens (tertiary/aromatic N) is 3. The van der Waals surface area contributed by atoms with Gasteiger partial charge in [0.25, 0.3) is 0 Å². The van der Waals surface area contributed by atoms with E-state index < -0.39 is 10.0 Å². The van der Waals surface area contributed by atoms with Crippen molar-refractivity contribution < 1.29 is 13.2 Å². The number of amides is 1. The predicted molar refractivity (Wildman–Crippen MR) is 97.8 cm³/mol. The molecule has 0 aromatic carbocycles. The Morgan fingerprint density at radius 1 is 1.40 bits per heavy atom. The highest BCUT2D eigenvalue weighted by molar-refractivity contribution is 7.88. The van der Waals surface area contributed by atoms with Crippen molar-refractivity contribution in [2.24, 2.45) is 5.92 Å². The molecule has 1 aliphatic rings. The number of piperidine rings is 1. The molecule has 8 nitrogen and oxygen atoms in total. The monoisotopic (exact) mass is 371 g/mol. The molecule has 0 radical (unpaired) electrons. The number of likely N-dealkylation sites (tertiary alicyclic amines) is 1. The van der Waals surface area contributed by atoms with Crippen molar-refractivity contribution in [3.8, 4) is 0 Å². The fraction of sp³-hybridized carbons (Fsp3) is 0.750. The van der Waals surface area contributed by atoms with Crippen LogP contribution in [0.4, 0.5) is 5.82 Å². The number of sulfonamides is 1. The van der Waals surface area contributed by atoms with Crippen LogP contribution < -0.4 is 10.0 Å². The lowest BCUT2D eigenvalue weighted by molar-refractivity contribution is -0.121. The maximum Gasteiger partial charge on any atom is 0.242 e.